The first-order chi connectivity index (χ1) is 8.29. The minimum atomic E-state index is 0.153. The zero-order valence-electron chi connectivity index (χ0n) is 11.7. The Hall–Kier alpha value is -0.120. The van der Waals surface area contributed by atoms with Gasteiger partial charge in [-0.05, 0) is 25.2 Å². The van der Waals surface area contributed by atoms with E-state index in [1.165, 1.54) is 32.1 Å². The molecule has 0 unspecified atom stereocenters. The van der Waals surface area contributed by atoms with Gasteiger partial charge in [0.25, 0.3) is 0 Å². The predicted molar refractivity (Wildman–Crippen MR) is 69.3 cm³/mol. The highest BCUT2D eigenvalue weighted by Crippen LogP contribution is 2.41. The van der Waals surface area contributed by atoms with Gasteiger partial charge in [0.2, 0.25) is 0 Å². The number of rotatable bonds is 8. The van der Waals surface area contributed by atoms with Crippen molar-refractivity contribution in [3.63, 3.8) is 0 Å². The van der Waals surface area contributed by atoms with Crippen LogP contribution in [0.5, 0.6) is 0 Å². The molecule has 0 heterocycles. The number of hydrogen-bond donors (Lipinski definition) is 0. The lowest BCUT2D eigenvalue weighted by atomic mass is 9.68. The van der Waals surface area contributed by atoms with Gasteiger partial charge in [-0.25, -0.2) is 0 Å². The number of ether oxygens (including phenoxy) is 3. The van der Waals surface area contributed by atoms with Gasteiger partial charge in [-0.3, -0.25) is 0 Å². The highest BCUT2D eigenvalue weighted by atomic mass is 16.5. The summed E-state index contributed by atoms with van der Waals surface area (Å²) >= 11 is 0. The third kappa shape index (κ3) is 4.23. The Labute approximate surface area is 106 Å². The predicted octanol–water partition coefficient (Wildman–Crippen LogP) is 2.88. The molecular weight excluding hydrogens is 216 g/mol. The van der Waals surface area contributed by atoms with E-state index < -0.39 is 0 Å². The van der Waals surface area contributed by atoms with Gasteiger partial charge in [0.15, 0.2) is 0 Å². The Morgan fingerprint density at radius 3 is 1.94 bits per heavy atom. The lowest BCUT2D eigenvalue weighted by Crippen LogP contribution is -2.41. The molecule has 102 valence electrons. The Morgan fingerprint density at radius 1 is 0.882 bits per heavy atom. The molecule has 0 amide bonds. The number of methoxy groups -OCH3 is 3. The first-order valence-electron chi connectivity index (χ1n) is 6.76. The van der Waals surface area contributed by atoms with Gasteiger partial charge in [-0.1, -0.05) is 19.3 Å². The molecule has 1 saturated carbocycles. The lowest BCUT2D eigenvalue weighted by molar-refractivity contribution is -0.0571. The molecule has 1 aliphatic rings. The van der Waals surface area contributed by atoms with Crippen LogP contribution in [0.3, 0.4) is 0 Å². The third-order valence-electron chi connectivity index (χ3n) is 4.14. The minimum Gasteiger partial charge on any atom is -0.385 e. The van der Waals surface area contributed by atoms with E-state index in [2.05, 4.69) is 0 Å². The Kier molecular flexibility index (Phi) is 7.09. The van der Waals surface area contributed by atoms with Crippen LogP contribution in [0.2, 0.25) is 0 Å². The summed E-state index contributed by atoms with van der Waals surface area (Å²) in [7, 11) is 5.35. The van der Waals surface area contributed by atoms with E-state index in [1.807, 2.05) is 0 Å². The highest BCUT2D eigenvalue weighted by Gasteiger charge is 2.39. The van der Waals surface area contributed by atoms with E-state index in [0.717, 1.165) is 32.2 Å². The van der Waals surface area contributed by atoms with Crippen molar-refractivity contribution in [3.05, 3.63) is 0 Å². The summed E-state index contributed by atoms with van der Waals surface area (Å²) < 4.78 is 16.2. The van der Waals surface area contributed by atoms with E-state index in [1.54, 1.807) is 21.3 Å². The van der Waals surface area contributed by atoms with Gasteiger partial charge in [0.1, 0.15) is 0 Å². The molecule has 0 spiro atoms. The Bertz CT molecular complexity index is 182. The van der Waals surface area contributed by atoms with Crippen LogP contribution in [0.4, 0.5) is 0 Å². The molecule has 0 bridgehead atoms. The zero-order valence-corrected chi connectivity index (χ0v) is 11.7. The summed E-state index contributed by atoms with van der Waals surface area (Å²) in [6.07, 6.45) is 7.76. The van der Waals surface area contributed by atoms with Crippen molar-refractivity contribution >= 4 is 0 Å². The molecule has 17 heavy (non-hydrogen) atoms. The zero-order chi connectivity index (χ0) is 12.6. The first-order valence-corrected chi connectivity index (χ1v) is 6.76. The first kappa shape index (κ1) is 14.9. The monoisotopic (exact) mass is 244 g/mol. The van der Waals surface area contributed by atoms with Crippen molar-refractivity contribution in [2.45, 2.75) is 38.5 Å². The molecule has 0 radical (unpaired) electrons. The highest BCUT2D eigenvalue weighted by molar-refractivity contribution is 4.88. The van der Waals surface area contributed by atoms with Crippen LogP contribution in [0, 0.1) is 11.3 Å². The molecule has 1 fully saturated rings. The summed E-state index contributed by atoms with van der Waals surface area (Å²) in [6, 6.07) is 0. The van der Waals surface area contributed by atoms with Crippen molar-refractivity contribution in [2.24, 2.45) is 11.3 Å². The SMILES string of the molecule is COCCC(COC)(COC)C1CCCCC1. The third-order valence-corrected chi connectivity index (χ3v) is 4.14. The molecule has 3 nitrogen and oxygen atoms in total. The molecule has 0 N–H and O–H groups in total. The van der Waals surface area contributed by atoms with Gasteiger partial charge < -0.3 is 14.2 Å². The van der Waals surface area contributed by atoms with Gasteiger partial charge in [-0.2, -0.15) is 0 Å². The van der Waals surface area contributed by atoms with Gasteiger partial charge in [0.05, 0.1) is 13.2 Å². The van der Waals surface area contributed by atoms with Crippen molar-refractivity contribution in [3.8, 4) is 0 Å². The van der Waals surface area contributed by atoms with Crippen molar-refractivity contribution in [1.82, 2.24) is 0 Å². The molecule has 0 atom stereocenters. The average molecular weight is 244 g/mol. The maximum Gasteiger partial charge on any atom is 0.0544 e. The van der Waals surface area contributed by atoms with E-state index in [9.17, 15) is 0 Å². The normalized spacial score (nSPS) is 18.5. The fraction of sp³-hybridized carbons (Fsp3) is 1.00. The molecule has 1 rings (SSSR count). The fourth-order valence-corrected chi connectivity index (χ4v) is 3.22. The van der Waals surface area contributed by atoms with Crippen molar-refractivity contribution in [1.29, 1.82) is 0 Å². The molecule has 0 saturated heterocycles. The molecule has 0 aromatic heterocycles. The molecular formula is C14H28O3. The topological polar surface area (TPSA) is 27.7 Å². The fourth-order valence-electron chi connectivity index (χ4n) is 3.22. The average Bonchev–Trinajstić information content (AvgIpc) is 2.37. The summed E-state index contributed by atoms with van der Waals surface area (Å²) in [5.74, 6) is 0.728. The summed E-state index contributed by atoms with van der Waals surface area (Å²) in [6.45, 7) is 2.37. The lowest BCUT2D eigenvalue weighted by Gasteiger charge is -2.42. The quantitative estimate of drug-likeness (QED) is 0.657. The van der Waals surface area contributed by atoms with Crippen LogP contribution in [-0.2, 0) is 14.2 Å². The van der Waals surface area contributed by atoms with Crippen LogP contribution in [0.25, 0.3) is 0 Å². The Morgan fingerprint density at radius 2 is 1.47 bits per heavy atom. The van der Waals surface area contributed by atoms with E-state index in [0.29, 0.717) is 0 Å². The summed E-state index contributed by atoms with van der Waals surface area (Å²) in [5, 5.41) is 0. The smallest absolute Gasteiger partial charge is 0.0544 e. The molecule has 3 heteroatoms. The second-order valence-corrected chi connectivity index (χ2v) is 5.31. The van der Waals surface area contributed by atoms with Crippen LogP contribution < -0.4 is 0 Å². The van der Waals surface area contributed by atoms with Crippen LogP contribution in [0.1, 0.15) is 38.5 Å². The van der Waals surface area contributed by atoms with E-state index in [4.69, 9.17) is 14.2 Å². The van der Waals surface area contributed by atoms with Gasteiger partial charge >= 0.3 is 0 Å². The summed E-state index contributed by atoms with van der Waals surface area (Å²) in [5.41, 5.74) is 0.153. The van der Waals surface area contributed by atoms with Gasteiger partial charge in [-0.15, -0.1) is 0 Å². The van der Waals surface area contributed by atoms with E-state index >= 15 is 0 Å². The number of hydrogen-bond acceptors (Lipinski definition) is 3. The van der Waals surface area contributed by atoms with E-state index in [-0.39, 0.29) is 5.41 Å². The standard InChI is InChI=1S/C14H28O3/c1-15-10-9-14(11-16-2,12-17-3)13-7-5-4-6-8-13/h13H,4-12H2,1-3H3. The maximum absolute atomic E-state index is 5.47. The maximum atomic E-state index is 5.47. The van der Waals surface area contributed by atoms with Crippen LogP contribution in [-0.4, -0.2) is 41.2 Å². The Balaban J connectivity index is 2.70. The largest absolute Gasteiger partial charge is 0.385 e. The van der Waals surface area contributed by atoms with Crippen molar-refractivity contribution < 1.29 is 14.2 Å². The molecule has 1 aliphatic carbocycles. The van der Waals surface area contributed by atoms with Gasteiger partial charge in [0, 0.05) is 33.4 Å². The van der Waals surface area contributed by atoms with Crippen LogP contribution in [0.15, 0.2) is 0 Å². The minimum absolute atomic E-state index is 0.153. The molecule has 0 aliphatic heterocycles. The second-order valence-electron chi connectivity index (χ2n) is 5.31. The van der Waals surface area contributed by atoms with Crippen LogP contribution >= 0.6 is 0 Å². The molecule has 0 aromatic carbocycles. The van der Waals surface area contributed by atoms with Crippen molar-refractivity contribution in [2.75, 3.05) is 41.2 Å². The second kappa shape index (κ2) is 8.06. The summed E-state index contributed by atoms with van der Waals surface area (Å²) in [4.78, 5) is 0. The molecule has 0 aromatic rings.